The summed E-state index contributed by atoms with van der Waals surface area (Å²) in [7, 11) is 1.45. The van der Waals surface area contributed by atoms with Gasteiger partial charge < -0.3 is 4.90 Å². The van der Waals surface area contributed by atoms with Gasteiger partial charge in [-0.15, -0.1) is 0 Å². The Balaban J connectivity index is 1.77. The van der Waals surface area contributed by atoms with Gasteiger partial charge in [0.25, 0.3) is 17.5 Å². The van der Waals surface area contributed by atoms with Crippen LogP contribution in [0, 0.1) is 15.9 Å². The second-order valence-corrected chi connectivity index (χ2v) is 6.03. The number of benzene rings is 2. The number of hydrogen-bond donors (Lipinski definition) is 0. The molecule has 0 bridgehead atoms. The standard InChI is InChI=1S/C18H14FN3O5/c1-20(9-11-4-2-5-12(19)8-11)15(23)10-21-17(24)13-6-3-7-14(22(26)27)16(13)18(21)25/h2-8H,9-10H2,1H3. The summed E-state index contributed by atoms with van der Waals surface area (Å²) in [5.41, 5.74) is -0.347. The van der Waals surface area contributed by atoms with Crippen LogP contribution in [-0.2, 0) is 11.3 Å². The molecule has 0 saturated heterocycles. The molecule has 138 valence electrons. The van der Waals surface area contributed by atoms with E-state index in [0.717, 1.165) is 6.07 Å². The maximum Gasteiger partial charge on any atom is 0.282 e. The van der Waals surface area contributed by atoms with Crippen molar-refractivity contribution >= 4 is 23.4 Å². The van der Waals surface area contributed by atoms with Crippen LogP contribution in [0.15, 0.2) is 42.5 Å². The number of amides is 3. The Morgan fingerprint density at radius 1 is 1.19 bits per heavy atom. The number of imide groups is 1. The summed E-state index contributed by atoms with van der Waals surface area (Å²) in [6, 6.07) is 9.44. The lowest BCUT2D eigenvalue weighted by Gasteiger charge is -2.20. The SMILES string of the molecule is CN(Cc1cccc(F)c1)C(=O)CN1C(=O)c2cccc([N+](=O)[O-])c2C1=O. The Hall–Kier alpha value is -3.62. The van der Waals surface area contributed by atoms with E-state index in [1.807, 2.05) is 0 Å². The van der Waals surface area contributed by atoms with E-state index in [1.54, 1.807) is 6.07 Å². The molecule has 0 unspecified atom stereocenters. The van der Waals surface area contributed by atoms with Gasteiger partial charge in [0, 0.05) is 19.7 Å². The van der Waals surface area contributed by atoms with Gasteiger partial charge in [0.1, 0.15) is 17.9 Å². The molecule has 2 aromatic rings. The zero-order valence-corrected chi connectivity index (χ0v) is 14.2. The fraction of sp³-hybridized carbons (Fsp3) is 0.167. The molecule has 3 amide bonds. The number of fused-ring (bicyclic) bond motifs is 1. The fourth-order valence-electron chi connectivity index (χ4n) is 2.86. The van der Waals surface area contributed by atoms with Crippen molar-refractivity contribution < 1.29 is 23.7 Å². The van der Waals surface area contributed by atoms with Crippen molar-refractivity contribution in [2.45, 2.75) is 6.54 Å². The maximum absolute atomic E-state index is 13.2. The predicted octanol–water partition coefficient (Wildman–Crippen LogP) is 1.99. The molecule has 9 heteroatoms. The first kappa shape index (κ1) is 18.2. The minimum Gasteiger partial charge on any atom is -0.340 e. The number of nitrogens with zero attached hydrogens (tertiary/aromatic N) is 3. The highest BCUT2D eigenvalue weighted by Gasteiger charge is 2.41. The molecule has 27 heavy (non-hydrogen) atoms. The highest BCUT2D eigenvalue weighted by Crippen LogP contribution is 2.30. The van der Waals surface area contributed by atoms with E-state index in [2.05, 4.69) is 0 Å². The second kappa shape index (κ2) is 6.94. The average Bonchev–Trinajstić information content (AvgIpc) is 2.86. The van der Waals surface area contributed by atoms with Gasteiger partial charge in [-0.2, -0.15) is 0 Å². The number of nitro groups is 1. The van der Waals surface area contributed by atoms with E-state index in [4.69, 9.17) is 0 Å². The molecular weight excluding hydrogens is 357 g/mol. The maximum atomic E-state index is 13.2. The summed E-state index contributed by atoms with van der Waals surface area (Å²) < 4.78 is 13.2. The topological polar surface area (TPSA) is 101 Å². The van der Waals surface area contributed by atoms with Crippen LogP contribution in [0.25, 0.3) is 0 Å². The number of carbonyl (C=O) groups excluding carboxylic acids is 3. The Morgan fingerprint density at radius 3 is 2.56 bits per heavy atom. The lowest BCUT2D eigenvalue weighted by Crippen LogP contribution is -2.41. The van der Waals surface area contributed by atoms with Crippen LogP contribution in [0.5, 0.6) is 0 Å². The minimum atomic E-state index is -0.880. The molecule has 8 nitrogen and oxygen atoms in total. The van der Waals surface area contributed by atoms with Gasteiger partial charge in [-0.05, 0) is 23.8 Å². The highest BCUT2D eigenvalue weighted by molar-refractivity contribution is 6.24. The van der Waals surface area contributed by atoms with E-state index < -0.39 is 40.7 Å². The van der Waals surface area contributed by atoms with E-state index >= 15 is 0 Å². The Bertz CT molecular complexity index is 975. The van der Waals surface area contributed by atoms with Crippen molar-refractivity contribution in [2.24, 2.45) is 0 Å². The van der Waals surface area contributed by atoms with Crippen LogP contribution in [0.4, 0.5) is 10.1 Å². The first-order valence-electron chi connectivity index (χ1n) is 7.91. The summed E-state index contributed by atoms with van der Waals surface area (Å²) in [5, 5.41) is 11.1. The number of likely N-dealkylation sites (N-methyl/N-ethyl adjacent to an activating group) is 1. The third-order valence-corrected chi connectivity index (χ3v) is 4.20. The van der Waals surface area contributed by atoms with E-state index in [1.165, 1.54) is 42.3 Å². The van der Waals surface area contributed by atoms with Crippen LogP contribution in [0.2, 0.25) is 0 Å². The third kappa shape index (κ3) is 3.39. The van der Waals surface area contributed by atoms with Gasteiger partial charge in [-0.25, -0.2) is 4.39 Å². The smallest absolute Gasteiger partial charge is 0.282 e. The summed E-state index contributed by atoms with van der Waals surface area (Å²) >= 11 is 0. The Morgan fingerprint density at radius 2 is 1.89 bits per heavy atom. The summed E-state index contributed by atoms with van der Waals surface area (Å²) in [4.78, 5) is 49.6. The lowest BCUT2D eigenvalue weighted by molar-refractivity contribution is -0.385. The number of rotatable bonds is 5. The molecule has 0 N–H and O–H groups in total. The van der Waals surface area contributed by atoms with Crippen LogP contribution >= 0.6 is 0 Å². The molecule has 1 aliphatic rings. The number of hydrogen-bond acceptors (Lipinski definition) is 5. The van der Waals surface area contributed by atoms with E-state index in [0.29, 0.717) is 10.5 Å². The number of carbonyl (C=O) groups is 3. The molecule has 2 aromatic carbocycles. The zero-order valence-electron chi connectivity index (χ0n) is 14.2. The van der Waals surface area contributed by atoms with Gasteiger partial charge in [0.15, 0.2) is 0 Å². The van der Waals surface area contributed by atoms with Crippen molar-refractivity contribution in [3.63, 3.8) is 0 Å². The summed E-state index contributed by atoms with van der Waals surface area (Å²) in [5.74, 6) is -2.64. The minimum absolute atomic E-state index is 0.0832. The zero-order chi connectivity index (χ0) is 19.7. The van der Waals surface area contributed by atoms with Crippen LogP contribution in [0.3, 0.4) is 0 Å². The molecule has 1 aliphatic heterocycles. The molecule has 0 aliphatic carbocycles. The molecule has 0 atom stereocenters. The quantitative estimate of drug-likeness (QED) is 0.454. The Labute approximate surface area is 152 Å². The lowest BCUT2D eigenvalue weighted by atomic mass is 10.1. The van der Waals surface area contributed by atoms with Crippen molar-refractivity contribution in [2.75, 3.05) is 13.6 Å². The van der Waals surface area contributed by atoms with E-state index in [-0.39, 0.29) is 17.7 Å². The molecule has 0 radical (unpaired) electrons. The largest absolute Gasteiger partial charge is 0.340 e. The molecular formula is C18H14FN3O5. The normalized spacial score (nSPS) is 12.9. The van der Waals surface area contributed by atoms with E-state index in [9.17, 15) is 28.9 Å². The van der Waals surface area contributed by atoms with Crippen molar-refractivity contribution in [1.82, 2.24) is 9.80 Å². The molecule has 0 fully saturated rings. The monoisotopic (exact) mass is 371 g/mol. The van der Waals surface area contributed by atoms with Gasteiger partial charge >= 0.3 is 0 Å². The number of nitro benzene ring substituents is 1. The van der Waals surface area contributed by atoms with Crippen molar-refractivity contribution in [3.8, 4) is 0 Å². The average molecular weight is 371 g/mol. The molecule has 0 saturated carbocycles. The number of halogens is 1. The van der Waals surface area contributed by atoms with Crippen LogP contribution in [-0.4, -0.2) is 46.0 Å². The summed E-state index contributed by atoms with van der Waals surface area (Å²) in [6.07, 6.45) is 0. The molecule has 1 heterocycles. The third-order valence-electron chi connectivity index (χ3n) is 4.20. The molecule has 0 spiro atoms. The van der Waals surface area contributed by atoms with Crippen molar-refractivity contribution in [3.05, 3.63) is 75.1 Å². The highest BCUT2D eigenvalue weighted by atomic mass is 19.1. The fourth-order valence-corrected chi connectivity index (χ4v) is 2.86. The van der Waals surface area contributed by atoms with Gasteiger partial charge in [-0.1, -0.05) is 18.2 Å². The molecule has 0 aromatic heterocycles. The molecule has 3 rings (SSSR count). The van der Waals surface area contributed by atoms with Gasteiger partial charge in [0.05, 0.1) is 10.5 Å². The van der Waals surface area contributed by atoms with Crippen LogP contribution in [0.1, 0.15) is 26.3 Å². The first-order valence-corrected chi connectivity index (χ1v) is 7.91. The second-order valence-electron chi connectivity index (χ2n) is 6.03. The van der Waals surface area contributed by atoms with Crippen molar-refractivity contribution in [1.29, 1.82) is 0 Å². The van der Waals surface area contributed by atoms with Gasteiger partial charge in [0.2, 0.25) is 5.91 Å². The van der Waals surface area contributed by atoms with Crippen LogP contribution < -0.4 is 0 Å². The predicted molar refractivity (Wildman–Crippen MR) is 91.3 cm³/mol. The Kier molecular flexibility index (Phi) is 4.68. The van der Waals surface area contributed by atoms with Gasteiger partial charge in [-0.3, -0.25) is 29.4 Å². The first-order chi connectivity index (χ1) is 12.8. The summed E-state index contributed by atoms with van der Waals surface area (Å²) in [6.45, 7) is -0.477.